The highest BCUT2D eigenvalue weighted by Crippen LogP contribution is 2.37. The molecular weight excluding hydrogens is 88.1 g/mol. The SMILES string of the molecule is CC(=O)C1CC1C. The van der Waals surface area contributed by atoms with Crippen molar-refractivity contribution in [1.29, 1.82) is 0 Å². The molecule has 0 aromatic rings. The predicted molar refractivity (Wildman–Crippen MR) is 28.0 cm³/mol. The van der Waals surface area contributed by atoms with Gasteiger partial charge in [0.25, 0.3) is 0 Å². The van der Waals surface area contributed by atoms with Crippen molar-refractivity contribution in [2.45, 2.75) is 20.3 Å². The molecule has 0 N–H and O–H groups in total. The molecule has 2 unspecified atom stereocenters. The van der Waals surface area contributed by atoms with E-state index in [9.17, 15) is 4.79 Å². The van der Waals surface area contributed by atoms with Crippen LogP contribution in [0.3, 0.4) is 0 Å². The average molecular weight is 98.1 g/mol. The van der Waals surface area contributed by atoms with Gasteiger partial charge < -0.3 is 0 Å². The van der Waals surface area contributed by atoms with Crippen LogP contribution in [0.4, 0.5) is 0 Å². The Bertz CT molecular complexity index is 96.4. The van der Waals surface area contributed by atoms with Gasteiger partial charge in [-0.25, -0.2) is 0 Å². The van der Waals surface area contributed by atoms with Crippen molar-refractivity contribution >= 4 is 5.78 Å². The Balaban J connectivity index is 2.33. The average Bonchev–Trinajstić information content (AvgIpc) is 2.17. The zero-order valence-electron chi connectivity index (χ0n) is 4.77. The highest BCUT2D eigenvalue weighted by molar-refractivity contribution is 5.80. The molecular formula is C6H10O. The van der Waals surface area contributed by atoms with Gasteiger partial charge in [-0.2, -0.15) is 0 Å². The molecule has 1 nitrogen and oxygen atoms in total. The summed E-state index contributed by atoms with van der Waals surface area (Å²) >= 11 is 0. The van der Waals surface area contributed by atoms with E-state index in [4.69, 9.17) is 0 Å². The van der Waals surface area contributed by atoms with Crippen LogP contribution in [0.1, 0.15) is 20.3 Å². The first-order chi connectivity index (χ1) is 3.22. The second-order valence-electron chi connectivity index (χ2n) is 2.43. The maximum Gasteiger partial charge on any atom is 0.133 e. The second-order valence-corrected chi connectivity index (χ2v) is 2.43. The van der Waals surface area contributed by atoms with Crippen molar-refractivity contribution in [2.75, 3.05) is 0 Å². The van der Waals surface area contributed by atoms with Gasteiger partial charge in [0, 0.05) is 5.92 Å². The van der Waals surface area contributed by atoms with Gasteiger partial charge in [-0.15, -0.1) is 0 Å². The molecule has 0 saturated heterocycles. The minimum Gasteiger partial charge on any atom is -0.300 e. The summed E-state index contributed by atoms with van der Waals surface area (Å²) in [4.78, 5) is 10.4. The van der Waals surface area contributed by atoms with E-state index >= 15 is 0 Å². The van der Waals surface area contributed by atoms with Crippen LogP contribution in [0.15, 0.2) is 0 Å². The third kappa shape index (κ3) is 0.817. The molecule has 0 radical (unpaired) electrons. The molecule has 0 spiro atoms. The molecule has 0 amide bonds. The monoisotopic (exact) mass is 98.1 g/mol. The number of Topliss-reactive ketones (excluding diaryl/α,β-unsaturated/α-hetero) is 1. The number of ketones is 1. The molecule has 1 saturated carbocycles. The van der Waals surface area contributed by atoms with Crippen LogP contribution in [0, 0.1) is 11.8 Å². The minimum atomic E-state index is 0.368. The Labute approximate surface area is 43.7 Å². The molecule has 40 valence electrons. The summed E-state index contributed by atoms with van der Waals surface area (Å²) < 4.78 is 0. The lowest BCUT2D eigenvalue weighted by atomic mass is 10.2. The predicted octanol–water partition coefficient (Wildman–Crippen LogP) is 1.23. The molecule has 0 aromatic heterocycles. The summed E-state index contributed by atoms with van der Waals surface area (Å²) in [5.74, 6) is 1.49. The van der Waals surface area contributed by atoms with Crippen LogP contribution in [0.25, 0.3) is 0 Å². The van der Waals surface area contributed by atoms with Crippen LogP contribution in [0.5, 0.6) is 0 Å². The fraction of sp³-hybridized carbons (Fsp3) is 0.833. The van der Waals surface area contributed by atoms with Crippen LogP contribution in [-0.4, -0.2) is 5.78 Å². The Morgan fingerprint density at radius 1 is 1.71 bits per heavy atom. The minimum absolute atomic E-state index is 0.368. The first kappa shape index (κ1) is 4.82. The molecule has 0 aromatic carbocycles. The molecule has 1 heteroatoms. The van der Waals surface area contributed by atoms with Crippen molar-refractivity contribution in [2.24, 2.45) is 11.8 Å². The van der Waals surface area contributed by atoms with Gasteiger partial charge in [0.15, 0.2) is 0 Å². The first-order valence-electron chi connectivity index (χ1n) is 2.72. The lowest BCUT2D eigenvalue weighted by Crippen LogP contribution is -1.92. The summed E-state index contributed by atoms with van der Waals surface area (Å²) in [6.07, 6.45) is 1.13. The standard InChI is InChI=1S/C6H10O/c1-4-3-6(4)5(2)7/h4,6H,3H2,1-2H3. The van der Waals surface area contributed by atoms with Crippen molar-refractivity contribution in [1.82, 2.24) is 0 Å². The summed E-state index contributed by atoms with van der Waals surface area (Å²) in [5.41, 5.74) is 0. The van der Waals surface area contributed by atoms with E-state index in [0.717, 1.165) is 6.42 Å². The number of hydrogen-bond donors (Lipinski definition) is 0. The van der Waals surface area contributed by atoms with Gasteiger partial charge >= 0.3 is 0 Å². The van der Waals surface area contributed by atoms with E-state index in [1.54, 1.807) is 6.92 Å². The number of carbonyl (C=O) groups excluding carboxylic acids is 1. The Morgan fingerprint density at radius 3 is 2.14 bits per heavy atom. The highest BCUT2D eigenvalue weighted by atomic mass is 16.1. The van der Waals surface area contributed by atoms with Crippen LogP contribution >= 0.6 is 0 Å². The van der Waals surface area contributed by atoms with Crippen LogP contribution in [0.2, 0.25) is 0 Å². The Hall–Kier alpha value is -0.330. The summed E-state index contributed by atoms with van der Waals surface area (Å²) in [5, 5.41) is 0. The summed E-state index contributed by atoms with van der Waals surface area (Å²) in [6.45, 7) is 3.79. The van der Waals surface area contributed by atoms with Crippen molar-refractivity contribution in [3.05, 3.63) is 0 Å². The molecule has 0 aliphatic heterocycles. The molecule has 0 heterocycles. The van der Waals surface area contributed by atoms with Crippen molar-refractivity contribution in [3.63, 3.8) is 0 Å². The quantitative estimate of drug-likeness (QED) is 0.482. The van der Waals surface area contributed by atoms with Gasteiger partial charge in [-0.05, 0) is 19.3 Å². The summed E-state index contributed by atoms with van der Waals surface area (Å²) in [7, 11) is 0. The van der Waals surface area contributed by atoms with Crippen LogP contribution in [-0.2, 0) is 4.79 Å². The molecule has 7 heavy (non-hydrogen) atoms. The van der Waals surface area contributed by atoms with E-state index in [0.29, 0.717) is 17.6 Å². The van der Waals surface area contributed by atoms with Gasteiger partial charge in [0.05, 0.1) is 0 Å². The fourth-order valence-electron chi connectivity index (χ4n) is 0.889. The second kappa shape index (κ2) is 1.32. The van der Waals surface area contributed by atoms with Crippen molar-refractivity contribution < 1.29 is 4.79 Å². The largest absolute Gasteiger partial charge is 0.300 e. The van der Waals surface area contributed by atoms with Crippen LogP contribution < -0.4 is 0 Å². The summed E-state index contributed by atoms with van der Waals surface area (Å²) in [6, 6.07) is 0. The number of carbonyl (C=O) groups is 1. The third-order valence-electron chi connectivity index (χ3n) is 1.63. The molecule has 1 rings (SSSR count). The van der Waals surface area contributed by atoms with E-state index in [1.165, 1.54) is 0 Å². The molecule has 1 fully saturated rings. The normalized spacial score (nSPS) is 38.0. The number of hydrogen-bond acceptors (Lipinski definition) is 1. The lowest BCUT2D eigenvalue weighted by molar-refractivity contribution is -0.118. The molecule has 1 aliphatic rings. The zero-order valence-corrected chi connectivity index (χ0v) is 4.77. The highest BCUT2D eigenvalue weighted by Gasteiger charge is 2.36. The third-order valence-corrected chi connectivity index (χ3v) is 1.63. The lowest BCUT2D eigenvalue weighted by Gasteiger charge is -1.80. The van der Waals surface area contributed by atoms with Gasteiger partial charge in [0.1, 0.15) is 5.78 Å². The smallest absolute Gasteiger partial charge is 0.133 e. The number of rotatable bonds is 1. The topological polar surface area (TPSA) is 17.1 Å². The van der Waals surface area contributed by atoms with Crippen molar-refractivity contribution in [3.8, 4) is 0 Å². The molecule has 1 aliphatic carbocycles. The zero-order chi connectivity index (χ0) is 5.44. The van der Waals surface area contributed by atoms with E-state index < -0.39 is 0 Å². The van der Waals surface area contributed by atoms with E-state index in [1.807, 2.05) is 0 Å². The maximum atomic E-state index is 10.4. The molecule has 0 bridgehead atoms. The first-order valence-corrected chi connectivity index (χ1v) is 2.72. The Morgan fingerprint density at radius 2 is 2.14 bits per heavy atom. The maximum absolute atomic E-state index is 10.4. The fourth-order valence-corrected chi connectivity index (χ4v) is 0.889. The Kier molecular flexibility index (Phi) is 0.911. The van der Waals surface area contributed by atoms with E-state index in [2.05, 4.69) is 6.92 Å². The molecule has 2 atom stereocenters. The van der Waals surface area contributed by atoms with Gasteiger partial charge in [-0.1, -0.05) is 6.92 Å². The van der Waals surface area contributed by atoms with Gasteiger partial charge in [-0.3, -0.25) is 4.79 Å². The van der Waals surface area contributed by atoms with Gasteiger partial charge in [0.2, 0.25) is 0 Å². The van der Waals surface area contributed by atoms with E-state index in [-0.39, 0.29) is 0 Å².